The summed E-state index contributed by atoms with van der Waals surface area (Å²) in [6.07, 6.45) is 4.93. The van der Waals surface area contributed by atoms with Crippen LogP contribution in [0.2, 0.25) is 10.0 Å². The Bertz CT molecular complexity index is 422. The predicted octanol–water partition coefficient (Wildman–Crippen LogP) is 3.80. The van der Waals surface area contributed by atoms with E-state index in [-0.39, 0.29) is 6.04 Å². The van der Waals surface area contributed by atoms with Gasteiger partial charge in [-0.1, -0.05) is 42.1 Å². The van der Waals surface area contributed by atoms with Crippen LogP contribution in [0.25, 0.3) is 0 Å². The quantitative estimate of drug-likeness (QED) is 0.435. The Morgan fingerprint density at radius 2 is 1.85 bits per heavy atom. The highest BCUT2D eigenvalue weighted by molar-refractivity contribution is 6.36. The van der Waals surface area contributed by atoms with Crippen molar-refractivity contribution in [2.75, 3.05) is 6.54 Å². The minimum absolute atomic E-state index is 0.121. The first kappa shape index (κ1) is 17.3. The smallest absolute Gasteiger partial charge is 0.0909 e. The van der Waals surface area contributed by atoms with Crippen molar-refractivity contribution in [2.45, 2.75) is 45.1 Å². The second-order valence-corrected chi connectivity index (χ2v) is 5.78. The van der Waals surface area contributed by atoms with Gasteiger partial charge in [-0.25, -0.2) is 0 Å². The van der Waals surface area contributed by atoms with Crippen molar-refractivity contribution in [1.82, 2.24) is 0 Å². The average molecular weight is 316 g/mol. The van der Waals surface area contributed by atoms with Gasteiger partial charge in [0.05, 0.1) is 11.9 Å². The summed E-state index contributed by atoms with van der Waals surface area (Å²) in [5.41, 5.74) is 12.2. The fourth-order valence-electron chi connectivity index (χ4n) is 2.16. The molecule has 1 aromatic rings. The van der Waals surface area contributed by atoms with Crippen LogP contribution in [0.5, 0.6) is 0 Å². The Labute approximate surface area is 131 Å². The van der Waals surface area contributed by atoms with Gasteiger partial charge in [-0.05, 0) is 50.4 Å². The first-order valence-electron chi connectivity index (χ1n) is 6.97. The van der Waals surface area contributed by atoms with Gasteiger partial charge in [0.25, 0.3) is 0 Å². The monoisotopic (exact) mass is 315 g/mol. The molecule has 112 valence electrons. The number of amidine groups is 1. The second kappa shape index (κ2) is 9.22. The Kier molecular flexibility index (Phi) is 7.97. The zero-order valence-electron chi connectivity index (χ0n) is 11.9. The first-order valence-corrected chi connectivity index (χ1v) is 7.73. The van der Waals surface area contributed by atoms with Crippen molar-refractivity contribution in [1.29, 1.82) is 0 Å². The van der Waals surface area contributed by atoms with E-state index in [9.17, 15) is 0 Å². The molecule has 0 fully saturated rings. The largest absolute Gasteiger partial charge is 0.388 e. The third-order valence-corrected chi connectivity index (χ3v) is 3.84. The highest BCUT2D eigenvalue weighted by Crippen LogP contribution is 2.27. The lowest BCUT2D eigenvalue weighted by atomic mass is 10.0. The lowest BCUT2D eigenvalue weighted by Gasteiger charge is -2.15. The van der Waals surface area contributed by atoms with E-state index in [1.165, 1.54) is 0 Å². The Balaban J connectivity index is 2.71. The number of unbranched alkanes of at least 4 members (excludes halogenated alkanes) is 2. The molecule has 0 aromatic heterocycles. The molecule has 5 heteroatoms. The van der Waals surface area contributed by atoms with Crippen LogP contribution in [0.1, 0.15) is 38.2 Å². The Morgan fingerprint density at radius 1 is 1.20 bits per heavy atom. The van der Waals surface area contributed by atoms with Crippen molar-refractivity contribution in [3.8, 4) is 0 Å². The van der Waals surface area contributed by atoms with Gasteiger partial charge in [-0.15, -0.1) is 0 Å². The zero-order valence-corrected chi connectivity index (χ0v) is 13.4. The number of hydrogen-bond acceptors (Lipinski definition) is 2. The summed E-state index contributed by atoms with van der Waals surface area (Å²) in [5.74, 6) is 0.594. The minimum atomic E-state index is 0.121. The summed E-state index contributed by atoms with van der Waals surface area (Å²) < 4.78 is 0. The van der Waals surface area contributed by atoms with Crippen LogP contribution >= 0.6 is 23.2 Å². The van der Waals surface area contributed by atoms with Crippen LogP contribution in [0.4, 0.5) is 0 Å². The van der Waals surface area contributed by atoms with Crippen LogP contribution in [-0.4, -0.2) is 18.4 Å². The van der Waals surface area contributed by atoms with Crippen molar-refractivity contribution in [3.63, 3.8) is 0 Å². The lowest BCUT2D eigenvalue weighted by Crippen LogP contribution is -2.16. The van der Waals surface area contributed by atoms with Crippen LogP contribution in [0.15, 0.2) is 23.2 Å². The van der Waals surface area contributed by atoms with Gasteiger partial charge in [0.15, 0.2) is 0 Å². The molecule has 1 rings (SSSR count). The van der Waals surface area contributed by atoms with E-state index < -0.39 is 0 Å². The normalized spacial score (nSPS) is 13.5. The SMILES string of the molecule is CC(N)=NC(CCCCCN)Cc1c(Cl)cccc1Cl. The maximum Gasteiger partial charge on any atom is 0.0909 e. The van der Waals surface area contributed by atoms with Crippen molar-refractivity contribution in [2.24, 2.45) is 16.5 Å². The molecule has 0 aliphatic rings. The maximum absolute atomic E-state index is 6.21. The molecular formula is C15H23Cl2N3. The molecule has 0 aliphatic heterocycles. The maximum atomic E-state index is 6.21. The van der Waals surface area contributed by atoms with Gasteiger partial charge < -0.3 is 11.5 Å². The van der Waals surface area contributed by atoms with Crippen LogP contribution in [0, 0.1) is 0 Å². The lowest BCUT2D eigenvalue weighted by molar-refractivity contribution is 0.553. The molecule has 0 heterocycles. The number of rotatable bonds is 8. The molecule has 4 N–H and O–H groups in total. The summed E-state index contributed by atoms with van der Waals surface area (Å²) in [6.45, 7) is 2.54. The molecule has 0 spiro atoms. The van der Waals surface area contributed by atoms with Crippen molar-refractivity contribution in [3.05, 3.63) is 33.8 Å². The summed E-state index contributed by atoms with van der Waals surface area (Å²) in [4.78, 5) is 4.50. The van der Waals surface area contributed by atoms with Gasteiger partial charge in [0.1, 0.15) is 0 Å². The molecule has 20 heavy (non-hydrogen) atoms. The average Bonchev–Trinajstić information content (AvgIpc) is 2.38. The molecule has 0 aliphatic carbocycles. The van der Waals surface area contributed by atoms with E-state index in [2.05, 4.69) is 4.99 Å². The molecular weight excluding hydrogens is 293 g/mol. The van der Waals surface area contributed by atoms with Crippen molar-refractivity contribution >= 4 is 29.0 Å². The van der Waals surface area contributed by atoms with E-state index in [0.29, 0.717) is 15.9 Å². The van der Waals surface area contributed by atoms with Gasteiger partial charge in [-0.3, -0.25) is 4.99 Å². The van der Waals surface area contributed by atoms with Crippen molar-refractivity contribution < 1.29 is 0 Å². The Morgan fingerprint density at radius 3 is 2.40 bits per heavy atom. The van der Waals surface area contributed by atoms with E-state index >= 15 is 0 Å². The van der Waals surface area contributed by atoms with Gasteiger partial charge in [-0.2, -0.15) is 0 Å². The highest BCUT2D eigenvalue weighted by atomic mass is 35.5. The van der Waals surface area contributed by atoms with E-state index in [0.717, 1.165) is 44.2 Å². The molecule has 0 saturated carbocycles. The van der Waals surface area contributed by atoms with Gasteiger partial charge in [0, 0.05) is 10.0 Å². The molecule has 3 nitrogen and oxygen atoms in total. The van der Waals surface area contributed by atoms with Gasteiger partial charge in [0.2, 0.25) is 0 Å². The van der Waals surface area contributed by atoms with E-state index in [4.69, 9.17) is 34.7 Å². The number of nitrogens with two attached hydrogens (primary N) is 2. The summed E-state index contributed by atoms with van der Waals surface area (Å²) in [6, 6.07) is 5.68. The molecule has 1 aromatic carbocycles. The summed E-state index contributed by atoms with van der Waals surface area (Å²) in [5, 5.41) is 1.38. The third kappa shape index (κ3) is 6.12. The first-order chi connectivity index (χ1) is 9.54. The topological polar surface area (TPSA) is 64.4 Å². The molecule has 0 radical (unpaired) electrons. The second-order valence-electron chi connectivity index (χ2n) is 4.97. The van der Waals surface area contributed by atoms with Crippen LogP contribution in [0.3, 0.4) is 0 Å². The molecule has 0 bridgehead atoms. The molecule has 1 atom stereocenters. The van der Waals surface area contributed by atoms with E-state index in [1.807, 2.05) is 18.2 Å². The summed E-state index contributed by atoms with van der Waals surface area (Å²) >= 11 is 12.4. The standard InChI is InChI=1S/C15H23Cl2N3/c1-11(19)20-12(6-3-2-4-9-18)10-13-14(16)7-5-8-15(13)17/h5,7-8,12H,2-4,6,9-10,18H2,1H3,(H2,19,20). The minimum Gasteiger partial charge on any atom is -0.388 e. The Hall–Kier alpha value is -0.770. The van der Waals surface area contributed by atoms with Crippen LogP contribution in [-0.2, 0) is 6.42 Å². The highest BCUT2D eigenvalue weighted by Gasteiger charge is 2.13. The fourth-order valence-corrected chi connectivity index (χ4v) is 2.72. The number of aliphatic imine (C=N–C) groups is 1. The fraction of sp³-hybridized carbons (Fsp3) is 0.533. The predicted molar refractivity (Wildman–Crippen MR) is 88.8 cm³/mol. The van der Waals surface area contributed by atoms with E-state index in [1.54, 1.807) is 6.92 Å². The van der Waals surface area contributed by atoms with Crippen LogP contribution < -0.4 is 11.5 Å². The summed E-state index contributed by atoms with van der Waals surface area (Å²) in [7, 11) is 0. The molecule has 0 saturated heterocycles. The number of halogens is 2. The third-order valence-electron chi connectivity index (χ3n) is 3.13. The zero-order chi connectivity index (χ0) is 15.0. The molecule has 0 amide bonds. The van der Waals surface area contributed by atoms with Gasteiger partial charge >= 0.3 is 0 Å². The molecule has 1 unspecified atom stereocenters. The number of hydrogen-bond donors (Lipinski definition) is 2. The number of benzene rings is 1. The number of nitrogens with zero attached hydrogens (tertiary/aromatic N) is 1.